The van der Waals surface area contributed by atoms with Crippen molar-refractivity contribution in [3.05, 3.63) is 51.3 Å². The second-order valence-corrected chi connectivity index (χ2v) is 5.60. The fourth-order valence-electron chi connectivity index (χ4n) is 2.50. The number of non-ortho nitro benzene ring substituents is 1. The number of aryl methyl sites for hydroxylation is 1. The Hall–Kier alpha value is -2.70. The van der Waals surface area contributed by atoms with E-state index in [1.807, 2.05) is 13.8 Å². The van der Waals surface area contributed by atoms with Crippen molar-refractivity contribution < 1.29 is 14.5 Å². The largest absolute Gasteiger partial charge is 0.484 e. The van der Waals surface area contributed by atoms with E-state index < -0.39 is 4.92 Å². The lowest BCUT2D eigenvalue weighted by Gasteiger charge is -2.07. The lowest BCUT2D eigenvalue weighted by atomic mass is 10.1. The van der Waals surface area contributed by atoms with Crippen LogP contribution in [0, 0.1) is 24.0 Å². The van der Waals surface area contributed by atoms with E-state index in [1.54, 1.807) is 0 Å². The molecule has 2 rings (SSSR count). The third-order valence-corrected chi connectivity index (χ3v) is 3.87. The second-order valence-electron chi connectivity index (χ2n) is 5.60. The standard InChI is InChI=1S/C17H21N3O4/c1-4-5-6-16-12(2)18-19(13(16)3)17(21)11-24-15-9-7-14(8-10-15)20(22)23/h7-10H,4-6,11H2,1-3H3. The van der Waals surface area contributed by atoms with Gasteiger partial charge in [0, 0.05) is 17.8 Å². The van der Waals surface area contributed by atoms with E-state index in [0.717, 1.165) is 36.2 Å². The van der Waals surface area contributed by atoms with E-state index in [1.165, 1.54) is 28.9 Å². The van der Waals surface area contributed by atoms with Gasteiger partial charge in [-0.2, -0.15) is 5.10 Å². The zero-order chi connectivity index (χ0) is 17.7. The second kappa shape index (κ2) is 7.72. The number of nitro groups is 1. The van der Waals surface area contributed by atoms with Gasteiger partial charge in [-0.1, -0.05) is 13.3 Å². The maximum Gasteiger partial charge on any atom is 0.284 e. The number of aromatic nitrogens is 2. The van der Waals surface area contributed by atoms with Crippen LogP contribution in [0.25, 0.3) is 0 Å². The van der Waals surface area contributed by atoms with Crippen LogP contribution in [-0.4, -0.2) is 27.2 Å². The zero-order valence-corrected chi connectivity index (χ0v) is 14.1. The maximum absolute atomic E-state index is 12.3. The summed E-state index contributed by atoms with van der Waals surface area (Å²) in [5, 5.41) is 14.9. The molecule has 0 radical (unpaired) electrons. The van der Waals surface area contributed by atoms with E-state index in [2.05, 4.69) is 12.0 Å². The van der Waals surface area contributed by atoms with Gasteiger partial charge in [0.15, 0.2) is 6.61 Å². The molecule has 0 aliphatic heterocycles. The van der Waals surface area contributed by atoms with Crippen LogP contribution in [-0.2, 0) is 6.42 Å². The highest BCUT2D eigenvalue weighted by Crippen LogP contribution is 2.18. The Bertz CT molecular complexity index is 735. The van der Waals surface area contributed by atoms with Gasteiger partial charge in [-0.15, -0.1) is 0 Å². The normalized spacial score (nSPS) is 10.6. The summed E-state index contributed by atoms with van der Waals surface area (Å²) >= 11 is 0. The van der Waals surface area contributed by atoms with Gasteiger partial charge in [0.25, 0.3) is 11.6 Å². The average molecular weight is 331 g/mol. The fourth-order valence-corrected chi connectivity index (χ4v) is 2.50. The van der Waals surface area contributed by atoms with Crippen molar-refractivity contribution in [2.24, 2.45) is 0 Å². The predicted octanol–water partition coefficient (Wildman–Crippen LogP) is 3.47. The number of hydrogen-bond acceptors (Lipinski definition) is 5. The quantitative estimate of drug-likeness (QED) is 0.572. The van der Waals surface area contributed by atoms with E-state index in [0.29, 0.717) is 5.75 Å². The monoisotopic (exact) mass is 331 g/mol. The number of hydrogen-bond donors (Lipinski definition) is 0. The Balaban J connectivity index is 2.03. The van der Waals surface area contributed by atoms with Gasteiger partial charge in [-0.3, -0.25) is 14.9 Å². The molecule has 0 N–H and O–H groups in total. The van der Waals surface area contributed by atoms with Gasteiger partial charge in [0.2, 0.25) is 0 Å². The predicted molar refractivity (Wildman–Crippen MR) is 89.5 cm³/mol. The van der Waals surface area contributed by atoms with Crippen LogP contribution >= 0.6 is 0 Å². The first-order valence-corrected chi connectivity index (χ1v) is 7.89. The summed E-state index contributed by atoms with van der Waals surface area (Å²) in [6, 6.07) is 5.62. The molecule has 7 heteroatoms. The third kappa shape index (κ3) is 3.98. The molecule has 1 aromatic carbocycles. The zero-order valence-electron chi connectivity index (χ0n) is 14.1. The molecule has 0 aliphatic rings. The molecule has 24 heavy (non-hydrogen) atoms. The highest BCUT2D eigenvalue weighted by Gasteiger charge is 2.16. The van der Waals surface area contributed by atoms with Crippen molar-refractivity contribution in [2.75, 3.05) is 6.61 Å². The smallest absolute Gasteiger partial charge is 0.284 e. The molecule has 0 aliphatic carbocycles. The van der Waals surface area contributed by atoms with Crippen LogP contribution in [0.15, 0.2) is 24.3 Å². The minimum absolute atomic E-state index is 0.0206. The van der Waals surface area contributed by atoms with Crippen molar-refractivity contribution in [1.82, 2.24) is 9.78 Å². The molecule has 0 saturated carbocycles. The summed E-state index contributed by atoms with van der Waals surface area (Å²) in [6.45, 7) is 5.74. The first kappa shape index (κ1) is 17.7. The molecule has 128 valence electrons. The molecule has 0 saturated heterocycles. The van der Waals surface area contributed by atoms with Crippen LogP contribution in [0.2, 0.25) is 0 Å². The molecule has 1 heterocycles. The van der Waals surface area contributed by atoms with Gasteiger partial charge in [-0.05, 0) is 44.4 Å². The molecule has 0 unspecified atom stereocenters. The minimum atomic E-state index is -0.483. The molecule has 0 atom stereocenters. The molecule has 0 spiro atoms. The first-order chi connectivity index (χ1) is 11.4. The molecule has 0 bridgehead atoms. The molecular weight excluding hydrogens is 310 g/mol. The molecule has 7 nitrogen and oxygen atoms in total. The Morgan fingerprint density at radius 3 is 2.54 bits per heavy atom. The van der Waals surface area contributed by atoms with Crippen molar-refractivity contribution in [2.45, 2.75) is 40.0 Å². The molecular formula is C17H21N3O4. The summed E-state index contributed by atoms with van der Waals surface area (Å²) in [7, 11) is 0. The average Bonchev–Trinajstić information content (AvgIpc) is 2.85. The summed E-state index contributed by atoms with van der Waals surface area (Å²) in [4.78, 5) is 22.4. The van der Waals surface area contributed by atoms with Crippen molar-refractivity contribution in [1.29, 1.82) is 0 Å². The number of nitrogens with zero attached hydrogens (tertiary/aromatic N) is 3. The first-order valence-electron chi connectivity index (χ1n) is 7.89. The van der Waals surface area contributed by atoms with Gasteiger partial charge >= 0.3 is 0 Å². The Labute approximate surface area is 140 Å². The Kier molecular flexibility index (Phi) is 5.68. The topological polar surface area (TPSA) is 87.3 Å². The van der Waals surface area contributed by atoms with Crippen molar-refractivity contribution >= 4 is 11.6 Å². The summed E-state index contributed by atoms with van der Waals surface area (Å²) < 4.78 is 6.79. The van der Waals surface area contributed by atoms with E-state index >= 15 is 0 Å². The highest BCUT2D eigenvalue weighted by molar-refractivity contribution is 5.80. The molecule has 0 amide bonds. The summed E-state index contributed by atoms with van der Waals surface area (Å²) in [5.74, 6) is 0.137. The maximum atomic E-state index is 12.3. The fraction of sp³-hybridized carbons (Fsp3) is 0.412. The summed E-state index contributed by atoms with van der Waals surface area (Å²) in [5.41, 5.74) is 2.80. The van der Waals surface area contributed by atoms with Crippen molar-refractivity contribution in [3.8, 4) is 5.75 Å². The number of carbonyl (C=O) groups excluding carboxylic acids is 1. The molecule has 0 fully saturated rings. The number of benzene rings is 1. The van der Waals surface area contributed by atoms with Crippen LogP contribution in [0.3, 0.4) is 0 Å². The van der Waals surface area contributed by atoms with Gasteiger partial charge in [-0.25, -0.2) is 4.68 Å². The van der Waals surface area contributed by atoms with Crippen LogP contribution < -0.4 is 4.74 Å². The number of unbranched alkanes of at least 4 members (excludes halogenated alkanes) is 1. The van der Waals surface area contributed by atoms with Crippen LogP contribution in [0.1, 0.15) is 41.5 Å². The van der Waals surface area contributed by atoms with E-state index in [-0.39, 0.29) is 18.2 Å². The highest BCUT2D eigenvalue weighted by atomic mass is 16.6. The SMILES string of the molecule is CCCCc1c(C)nn(C(=O)COc2ccc([N+](=O)[O-])cc2)c1C. The third-order valence-electron chi connectivity index (χ3n) is 3.87. The van der Waals surface area contributed by atoms with Crippen molar-refractivity contribution in [3.63, 3.8) is 0 Å². The lowest BCUT2D eigenvalue weighted by Crippen LogP contribution is -2.21. The molecule has 2 aromatic rings. The number of carbonyl (C=O) groups is 1. The summed E-state index contributed by atoms with van der Waals surface area (Å²) in [6.07, 6.45) is 3.05. The number of rotatable bonds is 7. The van der Waals surface area contributed by atoms with Gasteiger partial charge in [0.05, 0.1) is 10.6 Å². The minimum Gasteiger partial charge on any atom is -0.484 e. The Morgan fingerprint density at radius 1 is 1.29 bits per heavy atom. The molecule has 1 aromatic heterocycles. The van der Waals surface area contributed by atoms with Gasteiger partial charge in [0.1, 0.15) is 5.75 Å². The van der Waals surface area contributed by atoms with Crippen LogP contribution in [0.4, 0.5) is 5.69 Å². The lowest BCUT2D eigenvalue weighted by molar-refractivity contribution is -0.384. The Morgan fingerprint density at radius 2 is 1.96 bits per heavy atom. The van der Waals surface area contributed by atoms with Crippen LogP contribution in [0.5, 0.6) is 5.75 Å². The van der Waals surface area contributed by atoms with E-state index in [9.17, 15) is 14.9 Å². The number of ether oxygens (including phenoxy) is 1. The van der Waals surface area contributed by atoms with E-state index in [4.69, 9.17) is 4.74 Å². The van der Waals surface area contributed by atoms with Gasteiger partial charge < -0.3 is 4.74 Å². The number of nitro benzene ring substituents is 1.